The molecule has 3 heterocycles. The Bertz CT molecular complexity index is 999. The van der Waals surface area contributed by atoms with Crippen molar-refractivity contribution in [1.82, 2.24) is 10.2 Å². The van der Waals surface area contributed by atoms with E-state index < -0.39 is 17.8 Å². The van der Waals surface area contributed by atoms with Crippen LogP contribution in [0.1, 0.15) is 48.4 Å². The van der Waals surface area contributed by atoms with Gasteiger partial charge < -0.3 is 10.1 Å². The highest BCUT2D eigenvalue weighted by Gasteiger charge is 2.37. The molecule has 7 heteroatoms. The van der Waals surface area contributed by atoms with Crippen LogP contribution in [0.2, 0.25) is 0 Å². The number of hydrogen-bond donors (Lipinski definition) is 1. The van der Waals surface area contributed by atoms with E-state index in [1.807, 2.05) is 12.1 Å². The molecule has 3 aliphatic heterocycles. The second-order valence-corrected chi connectivity index (χ2v) is 9.13. The molecule has 170 valence electrons. The van der Waals surface area contributed by atoms with Gasteiger partial charge in [-0.2, -0.15) is 13.2 Å². The summed E-state index contributed by atoms with van der Waals surface area (Å²) in [5.74, 6) is 0.445. The molecular weight excluding hydrogens is 417 g/mol. The number of aryl methyl sites for hydroxylation is 1. The first-order valence-corrected chi connectivity index (χ1v) is 11.4. The zero-order valence-corrected chi connectivity index (χ0v) is 17.8. The number of amides is 1. The summed E-state index contributed by atoms with van der Waals surface area (Å²) in [6.07, 6.45) is -0.267. The zero-order valence-electron chi connectivity index (χ0n) is 17.8. The maximum atomic E-state index is 13.5. The summed E-state index contributed by atoms with van der Waals surface area (Å²) >= 11 is 0. The van der Waals surface area contributed by atoms with Crippen LogP contribution in [-0.2, 0) is 17.3 Å². The molecule has 2 bridgehead atoms. The number of carbonyl (C=O) groups is 1. The molecule has 3 fully saturated rings. The summed E-state index contributed by atoms with van der Waals surface area (Å²) < 4.78 is 46.2. The molecule has 0 radical (unpaired) electrons. The standard InChI is InChI=1S/C25H27F3N2O2/c26-25(27,28)21-6-2-1-5-19(21)18-8-9-20-17(14-18)4-3-7-22(20)29-24(31)32-23-15-30-12-10-16(23)11-13-30/h1-2,5-6,8-9,14,16,22-23H,3-4,7,10-13,15H2,(H,29,31)/t22?,23-/m0/s1. The second-order valence-electron chi connectivity index (χ2n) is 9.13. The molecule has 6 rings (SSSR count). The Labute approximate surface area is 185 Å². The van der Waals surface area contributed by atoms with Gasteiger partial charge in [-0.15, -0.1) is 0 Å². The van der Waals surface area contributed by atoms with Crippen molar-refractivity contribution in [1.29, 1.82) is 0 Å². The number of nitrogens with one attached hydrogen (secondary N) is 1. The molecular formula is C25H27F3N2O2. The normalized spacial score (nSPS) is 27.0. The first kappa shape index (κ1) is 21.3. The van der Waals surface area contributed by atoms with Crippen LogP contribution < -0.4 is 5.32 Å². The van der Waals surface area contributed by atoms with Gasteiger partial charge in [0, 0.05) is 6.54 Å². The lowest BCUT2D eigenvalue weighted by molar-refractivity contribution is -0.137. The van der Waals surface area contributed by atoms with Gasteiger partial charge in [-0.3, -0.25) is 4.90 Å². The summed E-state index contributed by atoms with van der Waals surface area (Å²) in [5.41, 5.74) is 2.05. The Balaban J connectivity index is 1.32. The third-order valence-electron chi connectivity index (χ3n) is 7.15. The molecule has 32 heavy (non-hydrogen) atoms. The van der Waals surface area contributed by atoms with Crippen LogP contribution in [0.25, 0.3) is 11.1 Å². The lowest BCUT2D eigenvalue weighted by atomic mass is 9.85. The van der Waals surface area contributed by atoms with Crippen molar-refractivity contribution in [2.24, 2.45) is 5.92 Å². The molecule has 4 nitrogen and oxygen atoms in total. The van der Waals surface area contributed by atoms with Crippen LogP contribution in [-0.4, -0.2) is 36.7 Å². The predicted molar refractivity (Wildman–Crippen MR) is 115 cm³/mol. The van der Waals surface area contributed by atoms with Crippen molar-refractivity contribution in [3.05, 3.63) is 59.2 Å². The van der Waals surface area contributed by atoms with Crippen molar-refractivity contribution >= 4 is 6.09 Å². The number of alkyl carbamates (subject to hydrolysis) is 1. The second kappa shape index (κ2) is 8.43. The molecule has 1 unspecified atom stereocenters. The van der Waals surface area contributed by atoms with Gasteiger partial charge in [0.15, 0.2) is 0 Å². The largest absolute Gasteiger partial charge is 0.445 e. The van der Waals surface area contributed by atoms with E-state index in [2.05, 4.69) is 10.2 Å². The predicted octanol–water partition coefficient (Wildman–Crippen LogP) is 5.57. The molecule has 2 aromatic rings. The fourth-order valence-corrected chi connectivity index (χ4v) is 5.47. The van der Waals surface area contributed by atoms with Gasteiger partial charge in [0.1, 0.15) is 6.10 Å². The highest BCUT2D eigenvalue weighted by atomic mass is 19.4. The first-order valence-electron chi connectivity index (χ1n) is 11.4. The molecule has 1 amide bonds. The molecule has 2 atom stereocenters. The van der Waals surface area contributed by atoms with E-state index in [0.717, 1.165) is 68.9 Å². The van der Waals surface area contributed by atoms with Crippen molar-refractivity contribution < 1.29 is 22.7 Å². The van der Waals surface area contributed by atoms with E-state index in [-0.39, 0.29) is 17.7 Å². The summed E-state index contributed by atoms with van der Waals surface area (Å²) in [7, 11) is 0. The number of rotatable bonds is 3. The fraction of sp³-hybridized carbons (Fsp3) is 0.480. The Morgan fingerprint density at radius 3 is 2.56 bits per heavy atom. The molecule has 0 saturated carbocycles. The summed E-state index contributed by atoms with van der Waals surface area (Å²) in [6, 6.07) is 10.9. The monoisotopic (exact) mass is 444 g/mol. The van der Waals surface area contributed by atoms with Gasteiger partial charge >= 0.3 is 12.3 Å². The summed E-state index contributed by atoms with van der Waals surface area (Å²) in [5, 5.41) is 3.02. The minimum atomic E-state index is -4.41. The van der Waals surface area contributed by atoms with Crippen LogP contribution in [0.5, 0.6) is 0 Å². The van der Waals surface area contributed by atoms with Crippen LogP contribution in [0.3, 0.4) is 0 Å². The van der Waals surface area contributed by atoms with Crippen LogP contribution in [0.15, 0.2) is 42.5 Å². The maximum absolute atomic E-state index is 13.5. The Morgan fingerprint density at radius 2 is 1.84 bits per heavy atom. The van der Waals surface area contributed by atoms with Gasteiger partial charge in [0.25, 0.3) is 0 Å². The highest BCUT2D eigenvalue weighted by molar-refractivity contribution is 5.71. The summed E-state index contributed by atoms with van der Waals surface area (Å²) in [6.45, 7) is 2.98. The number of ether oxygens (including phenoxy) is 1. The number of halogens is 3. The third-order valence-corrected chi connectivity index (χ3v) is 7.15. The zero-order chi connectivity index (χ0) is 22.3. The number of hydrogen-bond acceptors (Lipinski definition) is 3. The van der Waals surface area contributed by atoms with Gasteiger partial charge in [-0.1, -0.05) is 36.4 Å². The van der Waals surface area contributed by atoms with E-state index in [0.29, 0.717) is 11.5 Å². The average Bonchev–Trinajstić information content (AvgIpc) is 2.79. The number of piperidine rings is 3. The number of carbonyl (C=O) groups excluding carboxylic acids is 1. The SMILES string of the molecule is O=C(NC1CCCc2cc(-c3ccccc3C(F)(F)F)ccc21)O[C@H]1CN2CCC1CC2. The van der Waals surface area contributed by atoms with E-state index in [1.165, 1.54) is 12.1 Å². The molecule has 1 aliphatic carbocycles. The van der Waals surface area contributed by atoms with E-state index in [4.69, 9.17) is 4.74 Å². The molecule has 2 aromatic carbocycles. The van der Waals surface area contributed by atoms with E-state index >= 15 is 0 Å². The molecule has 0 aromatic heterocycles. The van der Waals surface area contributed by atoms with Crippen LogP contribution in [0.4, 0.5) is 18.0 Å². The van der Waals surface area contributed by atoms with Gasteiger partial charge in [-0.25, -0.2) is 4.79 Å². The Morgan fingerprint density at radius 1 is 1.06 bits per heavy atom. The van der Waals surface area contributed by atoms with Crippen molar-refractivity contribution in [2.45, 2.75) is 50.4 Å². The first-order chi connectivity index (χ1) is 15.4. The Kier molecular flexibility index (Phi) is 5.61. The lowest BCUT2D eigenvalue weighted by Gasteiger charge is -2.44. The smallest absolute Gasteiger partial charge is 0.417 e. The number of nitrogens with zero attached hydrogens (tertiary/aromatic N) is 1. The topological polar surface area (TPSA) is 41.6 Å². The lowest BCUT2D eigenvalue weighted by Crippen LogP contribution is -2.52. The van der Waals surface area contributed by atoms with Crippen molar-refractivity contribution in [3.63, 3.8) is 0 Å². The van der Waals surface area contributed by atoms with Crippen LogP contribution in [0, 0.1) is 5.92 Å². The maximum Gasteiger partial charge on any atom is 0.417 e. The van der Waals surface area contributed by atoms with E-state index in [1.54, 1.807) is 12.1 Å². The molecule has 0 spiro atoms. The quantitative estimate of drug-likeness (QED) is 0.673. The third kappa shape index (κ3) is 4.22. The summed E-state index contributed by atoms with van der Waals surface area (Å²) in [4.78, 5) is 15.0. The minimum Gasteiger partial charge on any atom is -0.445 e. The highest BCUT2D eigenvalue weighted by Crippen LogP contribution is 2.39. The molecule has 3 saturated heterocycles. The van der Waals surface area contributed by atoms with Crippen LogP contribution >= 0.6 is 0 Å². The number of benzene rings is 2. The van der Waals surface area contributed by atoms with Crippen molar-refractivity contribution in [3.8, 4) is 11.1 Å². The molecule has 1 N–H and O–H groups in total. The fourth-order valence-electron chi connectivity index (χ4n) is 5.47. The average molecular weight is 444 g/mol. The number of fused-ring (bicyclic) bond motifs is 4. The van der Waals surface area contributed by atoms with Gasteiger partial charge in [0.2, 0.25) is 0 Å². The number of alkyl halides is 3. The Hall–Kier alpha value is -2.54. The minimum absolute atomic E-state index is 0.0539. The van der Waals surface area contributed by atoms with Crippen molar-refractivity contribution in [2.75, 3.05) is 19.6 Å². The van der Waals surface area contributed by atoms with E-state index in [9.17, 15) is 18.0 Å². The van der Waals surface area contributed by atoms with Gasteiger partial charge in [-0.05, 0) is 79.4 Å². The molecule has 4 aliphatic rings. The van der Waals surface area contributed by atoms with Gasteiger partial charge in [0.05, 0.1) is 11.6 Å².